The second-order valence-electron chi connectivity index (χ2n) is 4.98. The van der Waals surface area contributed by atoms with Crippen molar-refractivity contribution in [2.75, 3.05) is 26.2 Å². The number of furan rings is 1. The van der Waals surface area contributed by atoms with E-state index in [1.165, 1.54) is 18.4 Å². The van der Waals surface area contributed by atoms with Crippen molar-refractivity contribution >= 4 is 24.8 Å². The summed E-state index contributed by atoms with van der Waals surface area (Å²) in [4.78, 5) is 2.55. The number of nitrogens with zero attached hydrogens (tertiary/aromatic N) is 1. The first-order chi connectivity index (χ1) is 8.22. The fourth-order valence-corrected chi connectivity index (χ4v) is 2.54. The Labute approximate surface area is 128 Å². The Bertz CT molecular complexity index is 343. The van der Waals surface area contributed by atoms with Crippen molar-refractivity contribution < 1.29 is 4.42 Å². The number of hydrogen-bond acceptors (Lipinski definition) is 3. The number of halogens is 2. The third-order valence-corrected chi connectivity index (χ3v) is 3.67. The number of nitrogens with one attached hydrogen (secondary N) is 1. The van der Waals surface area contributed by atoms with Crippen LogP contribution in [0.4, 0.5) is 0 Å². The molecule has 1 aliphatic rings. The molecule has 0 aliphatic carbocycles. The van der Waals surface area contributed by atoms with Crippen LogP contribution in [0.3, 0.4) is 0 Å². The van der Waals surface area contributed by atoms with Gasteiger partial charge in [0.05, 0.1) is 6.04 Å². The van der Waals surface area contributed by atoms with Crippen LogP contribution >= 0.6 is 24.8 Å². The first kappa shape index (κ1) is 18.8. The van der Waals surface area contributed by atoms with E-state index in [-0.39, 0.29) is 24.8 Å². The van der Waals surface area contributed by atoms with Gasteiger partial charge in [0.2, 0.25) is 0 Å². The summed E-state index contributed by atoms with van der Waals surface area (Å²) >= 11 is 0. The summed E-state index contributed by atoms with van der Waals surface area (Å²) < 4.78 is 5.92. The van der Waals surface area contributed by atoms with Crippen molar-refractivity contribution in [3.8, 4) is 0 Å². The Morgan fingerprint density at radius 3 is 2.37 bits per heavy atom. The summed E-state index contributed by atoms with van der Waals surface area (Å²) in [6, 6.07) is 2.69. The molecule has 1 fully saturated rings. The topological polar surface area (TPSA) is 28.4 Å². The van der Waals surface area contributed by atoms with E-state index in [1.807, 2.05) is 0 Å². The van der Waals surface area contributed by atoms with Gasteiger partial charge < -0.3 is 9.73 Å². The molecule has 1 saturated heterocycles. The Morgan fingerprint density at radius 2 is 1.89 bits per heavy atom. The summed E-state index contributed by atoms with van der Waals surface area (Å²) in [7, 11) is 0. The van der Waals surface area contributed by atoms with E-state index >= 15 is 0 Å². The molecule has 0 unspecified atom stereocenters. The van der Waals surface area contributed by atoms with Gasteiger partial charge in [0.15, 0.2) is 0 Å². The maximum absolute atomic E-state index is 5.92. The van der Waals surface area contributed by atoms with E-state index < -0.39 is 0 Å². The average molecular weight is 309 g/mol. The van der Waals surface area contributed by atoms with Gasteiger partial charge in [0.1, 0.15) is 11.5 Å². The summed E-state index contributed by atoms with van der Waals surface area (Å²) in [6.07, 6.45) is 2.39. The third kappa shape index (κ3) is 4.67. The van der Waals surface area contributed by atoms with E-state index in [2.05, 4.69) is 37.1 Å². The molecule has 3 nitrogen and oxygen atoms in total. The highest BCUT2D eigenvalue weighted by molar-refractivity contribution is 5.85. The molecule has 1 N–H and O–H groups in total. The van der Waals surface area contributed by atoms with E-state index in [0.29, 0.717) is 6.04 Å². The highest BCUT2D eigenvalue weighted by Gasteiger charge is 2.24. The molecule has 19 heavy (non-hydrogen) atoms. The van der Waals surface area contributed by atoms with Crippen LogP contribution in [0, 0.1) is 13.8 Å². The summed E-state index contributed by atoms with van der Waals surface area (Å²) in [5.41, 5.74) is 1.27. The van der Waals surface area contributed by atoms with Gasteiger partial charge in [-0.2, -0.15) is 0 Å². The van der Waals surface area contributed by atoms with Crippen LogP contribution in [0.1, 0.15) is 42.9 Å². The lowest BCUT2D eigenvalue weighted by molar-refractivity contribution is 0.145. The molecule has 1 atom stereocenters. The number of hydrogen-bond donors (Lipinski definition) is 1. The monoisotopic (exact) mass is 308 g/mol. The average Bonchev–Trinajstić information content (AvgIpc) is 2.67. The highest BCUT2D eigenvalue weighted by Crippen LogP contribution is 2.29. The lowest BCUT2D eigenvalue weighted by atomic mass is 10.1. The van der Waals surface area contributed by atoms with Crippen molar-refractivity contribution in [3.63, 3.8) is 0 Å². The molecule has 0 spiro atoms. The Hall–Kier alpha value is -0.220. The molecule has 2 rings (SSSR count). The van der Waals surface area contributed by atoms with Crippen LogP contribution in [0.25, 0.3) is 0 Å². The van der Waals surface area contributed by atoms with Gasteiger partial charge in [-0.3, -0.25) is 4.90 Å². The van der Waals surface area contributed by atoms with Crippen molar-refractivity contribution in [3.05, 3.63) is 23.2 Å². The third-order valence-electron chi connectivity index (χ3n) is 3.67. The van der Waals surface area contributed by atoms with Crippen LogP contribution in [-0.4, -0.2) is 31.1 Å². The lowest BCUT2D eigenvalue weighted by Crippen LogP contribution is -2.45. The van der Waals surface area contributed by atoms with Crippen molar-refractivity contribution in [2.45, 2.75) is 39.7 Å². The van der Waals surface area contributed by atoms with Gasteiger partial charge in [-0.25, -0.2) is 0 Å². The fourth-order valence-electron chi connectivity index (χ4n) is 2.54. The van der Waals surface area contributed by atoms with Gasteiger partial charge >= 0.3 is 0 Å². The van der Waals surface area contributed by atoms with Crippen molar-refractivity contribution in [1.29, 1.82) is 0 Å². The molecule has 0 amide bonds. The molecular weight excluding hydrogens is 283 g/mol. The number of aryl methyl sites for hydroxylation is 2. The van der Waals surface area contributed by atoms with Crippen LogP contribution in [-0.2, 0) is 0 Å². The van der Waals surface area contributed by atoms with Crippen LogP contribution in [0.5, 0.6) is 0 Å². The Balaban J connectivity index is 0.00000162. The van der Waals surface area contributed by atoms with Gasteiger partial charge in [-0.05, 0) is 31.9 Å². The minimum Gasteiger partial charge on any atom is -0.464 e. The highest BCUT2D eigenvalue weighted by atomic mass is 35.5. The molecule has 0 saturated carbocycles. The van der Waals surface area contributed by atoms with Crippen LogP contribution in [0.15, 0.2) is 10.5 Å². The zero-order chi connectivity index (χ0) is 12.3. The Kier molecular flexibility index (Phi) is 8.75. The van der Waals surface area contributed by atoms with E-state index in [9.17, 15) is 0 Å². The first-order valence-electron chi connectivity index (χ1n) is 6.74. The van der Waals surface area contributed by atoms with Crippen LogP contribution in [0.2, 0.25) is 0 Å². The predicted molar refractivity (Wildman–Crippen MR) is 84.8 cm³/mol. The fraction of sp³-hybridized carbons (Fsp3) is 0.714. The predicted octanol–water partition coefficient (Wildman–Crippen LogP) is 3.49. The largest absolute Gasteiger partial charge is 0.464 e. The summed E-state index contributed by atoms with van der Waals surface area (Å²) in [6.45, 7) is 10.9. The van der Waals surface area contributed by atoms with Crippen molar-refractivity contribution in [1.82, 2.24) is 10.2 Å². The normalized spacial score (nSPS) is 17.4. The molecule has 0 bridgehead atoms. The first-order valence-corrected chi connectivity index (χ1v) is 6.74. The number of rotatable bonds is 4. The SMILES string of the molecule is CCC[C@@H](c1cc(C)c(C)o1)N1CCNCC1.Cl.Cl. The lowest BCUT2D eigenvalue weighted by Gasteiger charge is -2.33. The quantitative estimate of drug-likeness (QED) is 0.923. The van der Waals surface area contributed by atoms with E-state index in [1.54, 1.807) is 0 Å². The maximum atomic E-state index is 5.92. The zero-order valence-electron chi connectivity index (χ0n) is 12.1. The van der Waals surface area contributed by atoms with Gasteiger partial charge in [0.25, 0.3) is 0 Å². The second kappa shape index (κ2) is 8.85. The van der Waals surface area contributed by atoms with Gasteiger partial charge in [-0.15, -0.1) is 24.8 Å². The van der Waals surface area contributed by atoms with Gasteiger partial charge in [0, 0.05) is 26.2 Å². The van der Waals surface area contributed by atoms with E-state index in [4.69, 9.17) is 4.42 Å². The van der Waals surface area contributed by atoms with Gasteiger partial charge in [-0.1, -0.05) is 13.3 Å². The smallest absolute Gasteiger partial charge is 0.121 e. The van der Waals surface area contributed by atoms with Crippen molar-refractivity contribution in [2.24, 2.45) is 0 Å². The summed E-state index contributed by atoms with van der Waals surface area (Å²) in [5, 5.41) is 3.41. The van der Waals surface area contributed by atoms with E-state index in [0.717, 1.165) is 37.7 Å². The molecule has 1 aromatic heterocycles. The molecule has 1 aliphatic heterocycles. The molecule has 2 heterocycles. The molecule has 112 valence electrons. The number of piperazine rings is 1. The maximum Gasteiger partial charge on any atom is 0.121 e. The van der Waals surface area contributed by atoms with Crippen LogP contribution < -0.4 is 5.32 Å². The standard InChI is InChI=1S/C14H24N2O.2ClH/c1-4-5-13(16-8-6-15-7-9-16)14-10-11(2)12(3)17-14;;/h10,13,15H,4-9H2,1-3H3;2*1H/t13-;;/m0../s1. The molecule has 1 aromatic rings. The minimum atomic E-state index is 0. The molecule has 0 aromatic carbocycles. The molecular formula is C14H26Cl2N2O. The molecule has 5 heteroatoms. The Morgan fingerprint density at radius 1 is 1.26 bits per heavy atom. The second-order valence-corrected chi connectivity index (χ2v) is 4.98. The zero-order valence-corrected chi connectivity index (χ0v) is 13.7. The minimum absolute atomic E-state index is 0. The summed E-state index contributed by atoms with van der Waals surface area (Å²) in [5.74, 6) is 2.22. The molecule has 0 radical (unpaired) electrons.